The van der Waals surface area contributed by atoms with Gasteiger partial charge in [0.15, 0.2) is 5.13 Å². The van der Waals surface area contributed by atoms with Gasteiger partial charge in [0.25, 0.3) is 0 Å². The lowest BCUT2D eigenvalue weighted by atomic mass is 9.96. The Morgan fingerprint density at radius 3 is 2.84 bits per heavy atom. The Hall–Kier alpha value is -1.95. The molecule has 3 rings (SSSR count). The summed E-state index contributed by atoms with van der Waals surface area (Å²) in [4.78, 5) is 15.5. The molecule has 0 spiro atoms. The van der Waals surface area contributed by atoms with Gasteiger partial charge >= 0.3 is 0 Å². The molecule has 4 nitrogen and oxygen atoms in total. The van der Waals surface area contributed by atoms with Gasteiger partial charge in [0, 0.05) is 30.5 Å². The van der Waals surface area contributed by atoms with Crippen molar-refractivity contribution in [2.75, 3.05) is 11.9 Å². The molecular weight excluding hydrogens is 337 g/mol. The van der Waals surface area contributed by atoms with Crippen LogP contribution in [0, 0.1) is 5.82 Å². The van der Waals surface area contributed by atoms with Gasteiger partial charge in [-0.3, -0.25) is 4.79 Å². The summed E-state index contributed by atoms with van der Waals surface area (Å²) in [5.41, 5.74) is 2.19. The number of carbonyl (C=O) groups is 1. The van der Waals surface area contributed by atoms with Crippen molar-refractivity contribution in [2.45, 2.75) is 51.5 Å². The average molecular weight is 361 g/mol. The van der Waals surface area contributed by atoms with Crippen LogP contribution in [0.3, 0.4) is 0 Å². The van der Waals surface area contributed by atoms with E-state index >= 15 is 0 Å². The van der Waals surface area contributed by atoms with Crippen LogP contribution in [0.1, 0.15) is 44.6 Å². The third kappa shape index (κ3) is 5.01. The van der Waals surface area contributed by atoms with Gasteiger partial charge in [-0.25, -0.2) is 9.37 Å². The molecule has 1 amide bonds. The van der Waals surface area contributed by atoms with Crippen molar-refractivity contribution >= 4 is 22.4 Å². The largest absolute Gasteiger partial charge is 0.359 e. The molecule has 0 unspecified atom stereocenters. The van der Waals surface area contributed by atoms with Crippen LogP contribution in [-0.4, -0.2) is 23.5 Å². The summed E-state index contributed by atoms with van der Waals surface area (Å²) in [5.74, 6) is -0.352. The molecule has 2 aromatic rings. The van der Waals surface area contributed by atoms with Crippen molar-refractivity contribution in [1.82, 2.24) is 10.3 Å². The van der Waals surface area contributed by atoms with E-state index in [1.54, 1.807) is 17.4 Å². The van der Waals surface area contributed by atoms with E-state index < -0.39 is 0 Å². The Morgan fingerprint density at radius 2 is 2.12 bits per heavy atom. The number of thiazole rings is 1. The Balaban J connectivity index is 1.63. The first-order valence-electron chi connectivity index (χ1n) is 8.87. The van der Waals surface area contributed by atoms with Crippen LogP contribution >= 0.6 is 11.3 Å². The summed E-state index contributed by atoms with van der Waals surface area (Å²) in [7, 11) is 0. The van der Waals surface area contributed by atoms with Crippen molar-refractivity contribution in [1.29, 1.82) is 0 Å². The third-order valence-electron chi connectivity index (χ3n) is 4.55. The number of nitrogens with zero attached hydrogens (tertiary/aromatic N) is 1. The molecule has 1 saturated carbocycles. The van der Waals surface area contributed by atoms with E-state index in [0.29, 0.717) is 24.6 Å². The maximum Gasteiger partial charge on any atom is 0.216 e. The first kappa shape index (κ1) is 17.9. The first-order chi connectivity index (χ1) is 12.1. The van der Waals surface area contributed by atoms with Gasteiger partial charge in [-0.1, -0.05) is 31.4 Å². The predicted octanol–water partition coefficient (Wildman–Crippen LogP) is 4.37. The molecule has 1 heterocycles. The number of nitrogens with one attached hydrogen (secondary N) is 2. The maximum atomic E-state index is 14.3. The zero-order valence-electron chi connectivity index (χ0n) is 14.5. The van der Waals surface area contributed by atoms with Crippen LogP contribution in [0.5, 0.6) is 0 Å². The van der Waals surface area contributed by atoms with Crippen LogP contribution < -0.4 is 10.6 Å². The Morgan fingerprint density at radius 1 is 1.32 bits per heavy atom. The van der Waals surface area contributed by atoms with Crippen molar-refractivity contribution in [2.24, 2.45) is 0 Å². The highest BCUT2D eigenvalue weighted by Crippen LogP contribution is 2.28. The van der Waals surface area contributed by atoms with Crippen molar-refractivity contribution in [3.05, 3.63) is 35.0 Å². The predicted molar refractivity (Wildman–Crippen MR) is 100 cm³/mol. The number of halogens is 1. The quantitative estimate of drug-likeness (QED) is 0.803. The second-order valence-corrected chi connectivity index (χ2v) is 7.41. The Kier molecular flexibility index (Phi) is 6.02. The topological polar surface area (TPSA) is 54.0 Å². The highest BCUT2D eigenvalue weighted by atomic mass is 32.1. The molecule has 134 valence electrons. The van der Waals surface area contributed by atoms with E-state index in [2.05, 4.69) is 15.6 Å². The van der Waals surface area contributed by atoms with Crippen LogP contribution in [0.15, 0.2) is 23.6 Å². The molecule has 1 aliphatic carbocycles. The zero-order chi connectivity index (χ0) is 17.6. The number of hydrogen-bond acceptors (Lipinski definition) is 4. The van der Waals surface area contributed by atoms with Gasteiger partial charge in [-0.15, -0.1) is 11.3 Å². The summed E-state index contributed by atoms with van der Waals surface area (Å²) < 4.78 is 14.3. The summed E-state index contributed by atoms with van der Waals surface area (Å²) in [6.07, 6.45) is 6.77. The van der Waals surface area contributed by atoms with Crippen molar-refractivity contribution in [3.8, 4) is 11.3 Å². The summed E-state index contributed by atoms with van der Waals surface area (Å²) >= 11 is 1.57. The molecule has 1 aliphatic rings. The normalized spacial score (nSPS) is 15.1. The highest BCUT2D eigenvalue weighted by Gasteiger charge is 2.15. The minimum atomic E-state index is -0.252. The number of benzene rings is 1. The number of rotatable bonds is 6. The zero-order valence-corrected chi connectivity index (χ0v) is 15.3. The molecule has 6 heteroatoms. The van der Waals surface area contributed by atoms with E-state index in [1.807, 2.05) is 11.4 Å². The fraction of sp³-hybridized carbons (Fsp3) is 0.474. The van der Waals surface area contributed by atoms with Crippen molar-refractivity contribution < 1.29 is 9.18 Å². The summed E-state index contributed by atoms with van der Waals surface area (Å²) in [6.45, 7) is 1.90. The standard InChI is InChI=1S/C19H24FN3OS/c1-13(24)21-10-9-14-7-8-15(11-17(14)20)18-12-25-19(23-18)22-16-5-3-2-4-6-16/h7-8,11-12,16H,2-6,9-10H2,1H3,(H,21,24)(H,22,23). The number of hydrogen-bond donors (Lipinski definition) is 2. The molecule has 1 aromatic heterocycles. The molecule has 1 fully saturated rings. The molecule has 2 N–H and O–H groups in total. The van der Waals surface area contributed by atoms with Crippen LogP contribution in [-0.2, 0) is 11.2 Å². The van der Waals surface area contributed by atoms with Gasteiger partial charge in [0.2, 0.25) is 5.91 Å². The lowest BCUT2D eigenvalue weighted by Gasteiger charge is -2.22. The maximum absolute atomic E-state index is 14.3. The first-order valence-corrected chi connectivity index (χ1v) is 9.75. The van der Waals surface area contributed by atoms with Crippen LogP contribution in [0.4, 0.5) is 9.52 Å². The van der Waals surface area contributed by atoms with Gasteiger partial charge in [0.05, 0.1) is 5.69 Å². The SMILES string of the molecule is CC(=O)NCCc1ccc(-c2csc(NC3CCCCC3)n2)cc1F. The van der Waals surface area contributed by atoms with E-state index in [0.717, 1.165) is 16.4 Å². The third-order valence-corrected chi connectivity index (χ3v) is 5.33. The van der Waals surface area contributed by atoms with E-state index in [4.69, 9.17) is 0 Å². The van der Waals surface area contributed by atoms with Gasteiger partial charge in [-0.2, -0.15) is 0 Å². The van der Waals surface area contributed by atoms with E-state index in [1.165, 1.54) is 45.1 Å². The van der Waals surface area contributed by atoms with Crippen LogP contribution in [0.25, 0.3) is 11.3 Å². The van der Waals surface area contributed by atoms with Gasteiger partial charge < -0.3 is 10.6 Å². The Labute approximate surface area is 151 Å². The second-order valence-electron chi connectivity index (χ2n) is 6.56. The fourth-order valence-electron chi connectivity index (χ4n) is 3.18. The lowest BCUT2D eigenvalue weighted by Crippen LogP contribution is -2.22. The average Bonchev–Trinajstić information content (AvgIpc) is 3.05. The molecule has 0 bridgehead atoms. The van der Waals surface area contributed by atoms with Gasteiger partial charge in [0.1, 0.15) is 5.82 Å². The minimum Gasteiger partial charge on any atom is -0.359 e. The molecule has 25 heavy (non-hydrogen) atoms. The lowest BCUT2D eigenvalue weighted by molar-refractivity contribution is -0.118. The second kappa shape index (κ2) is 8.43. The smallest absolute Gasteiger partial charge is 0.216 e. The van der Waals surface area contributed by atoms with Gasteiger partial charge in [-0.05, 0) is 30.9 Å². The fourth-order valence-corrected chi connectivity index (χ4v) is 3.97. The molecule has 0 aliphatic heterocycles. The minimum absolute atomic E-state index is 0.0995. The summed E-state index contributed by atoms with van der Waals surface area (Å²) in [5, 5.41) is 9.08. The molecular formula is C19H24FN3OS. The molecule has 0 saturated heterocycles. The number of anilines is 1. The number of carbonyl (C=O) groups excluding carboxylic acids is 1. The molecule has 1 aromatic carbocycles. The number of amides is 1. The molecule has 0 atom stereocenters. The van der Waals surface area contributed by atoms with E-state index in [-0.39, 0.29) is 11.7 Å². The summed E-state index contributed by atoms with van der Waals surface area (Å²) in [6, 6.07) is 5.72. The molecule has 0 radical (unpaired) electrons. The number of aromatic nitrogens is 1. The van der Waals surface area contributed by atoms with Crippen LogP contribution in [0.2, 0.25) is 0 Å². The van der Waals surface area contributed by atoms with Crippen molar-refractivity contribution in [3.63, 3.8) is 0 Å². The highest BCUT2D eigenvalue weighted by molar-refractivity contribution is 7.14. The monoisotopic (exact) mass is 361 g/mol. The Bertz CT molecular complexity index is 725. The van der Waals surface area contributed by atoms with E-state index in [9.17, 15) is 9.18 Å².